The second kappa shape index (κ2) is 12.6. The number of nitrogens with one attached hydrogen (secondary N) is 2. The number of methoxy groups -OCH3 is 1. The van der Waals surface area contributed by atoms with Crippen LogP contribution in [0.15, 0.2) is 4.99 Å². The third-order valence-corrected chi connectivity index (χ3v) is 4.25. The molecule has 1 rings (SSSR count). The molecular weight excluding hydrogens is 290 g/mol. The largest absolute Gasteiger partial charge is 0.385 e. The van der Waals surface area contributed by atoms with Gasteiger partial charge >= 0.3 is 0 Å². The summed E-state index contributed by atoms with van der Waals surface area (Å²) < 4.78 is 5.09. The molecule has 23 heavy (non-hydrogen) atoms. The van der Waals surface area contributed by atoms with Crippen molar-refractivity contribution in [3.63, 3.8) is 0 Å². The van der Waals surface area contributed by atoms with Gasteiger partial charge < -0.3 is 25.2 Å². The first-order valence-electron chi connectivity index (χ1n) is 9.04. The van der Waals surface area contributed by atoms with Gasteiger partial charge in [0.15, 0.2) is 5.96 Å². The van der Waals surface area contributed by atoms with Crippen molar-refractivity contribution in [2.24, 2.45) is 10.9 Å². The molecule has 1 aliphatic heterocycles. The van der Waals surface area contributed by atoms with E-state index in [2.05, 4.69) is 41.5 Å². The minimum Gasteiger partial charge on any atom is -0.385 e. The molecule has 0 radical (unpaired) electrons. The van der Waals surface area contributed by atoms with Crippen molar-refractivity contribution in [2.75, 3.05) is 73.6 Å². The molecule has 1 aliphatic rings. The number of hydrogen-bond donors (Lipinski definition) is 2. The highest BCUT2D eigenvalue weighted by Gasteiger charge is 2.16. The summed E-state index contributed by atoms with van der Waals surface area (Å²) in [6.07, 6.45) is 3.68. The van der Waals surface area contributed by atoms with Crippen LogP contribution in [0.3, 0.4) is 0 Å². The number of piperidine rings is 1. The van der Waals surface area contributed by atoms with Gasteiger partial charge in [0.1, 0.15) is 0 Å². The number of aliphatic imine (C=N–C) groups is 1. The maximum atomic E-state index is 5.09. The Kier molecular flexibility index (Phi) is 11.0. The lowest BCUT2D eigenvalue weighted by Gasteiger charge is -2.28. The van der Waals surface area contributed by atoms with E-state index >= 15 is 0 Å². The van der Waals surface area contributed by atoms with Crippen molar-refractivity contribution < 1.29 is 4.74 Å². The van der Waals surface area contributed by atoms with Crippen molar-refractivity contribution in [1.29, 1.82) is 0 Å². The van der Waals surface area contributed by atoms with Gasteiger partial charge in [0.2, 0.25) is 0 Å². The molecule has 0 bridgehead atoms. The number of nitrogens with zero attached hydrogens (tertiary/aromatic N) is 3. The Morgan fingerprint density at radius 3 is 2.87 bits per heavy atom. The van der Waals surface area contributed by atoms with Gasteiger partial charge in [0.05, 0.1) is 0 Å². The predicted molar refractivity (Wildman–Crippen MR) is 98.2 cm³/mol. The first-order valence-corrected chi connectivity index (χ1v) is 9.04. The summed E-state index contributed by atoms with van der Waals surface area (Å²) >= 11 is 0. The summed E-state index contributed by atoms with van der Waals surface area (Å²) in [5.41, 5.74) is 0. The summed E-state index contributed by atoms with van der Waals surface area (Å²) in [7, 11) is 6.11. The van der Waals surface area contributed by atoms with E-state index in [9.17, 15) is 0 Å². The fourth-order valence-electron chi connectivity index (χ4n) is 2.94. The summed E-state index contributed by atoms with van der Waals surface area (Å²) in [6.45, 7) is 10.2. The SMILES string of the molecule is CCNC(=NCC1CCCN(C)C1)NCCN(C)CCCOC. The molecule has 0 saturated carbocycles. The van der Waals surface area contributed by atoms with Crippen LogP contribution < -0.4 is 10.6 Å². The van der Waals surface area contributed by atoms with E-state index in [1.807, 2.05) is 0 Å². The lowest BCUT2D eigenvalue weighted by molar-refractivity contribution is 0.180. The smallest absolute Gasteiger partial charge is 0.191 e. The average molecular weight is 328 g/mol. The van der Waals surface area contributed by atoms with Crippen LogP contribution in [0.1, 0.15) is 26.2 Å². The Morgan fingerprint density at radius 2 is 2.17 bits per heavy atom. The molecule has 0 aromatic heterocycles. The van der Waals surface area contributed by atoms with Gasteiger partial charge in [0.25, 0.3) is 0 Å². The lowest BCUT2D eigenvalue weighted by atomic mass is 9.99. The molecule has 6 heteroatoms. The first-order chi connectivity index (χ1) is 11.2. The van der Waals surface area contributed by atoms with E-state index in [-0.39, 0.29) is 0 Å². The second-order valence-electron chi connectivity index (χ2n) is 6.57. The normalized spacial score (nSPS) is 20.0. The lowest BCUT2D eigenvalue weighted by Crippen LogP contribution is -2.42. The standard InChI is InChI=1S/C17H37N5O/c1-5-18-17(19-9-12-21(2)11-7-13-23-4)20-14-16-8-6-10-22(3)15-16/h16H,5-15H2,1-4H3,(H2,18,19,20). The molecule has 1 unspecified atom stereocenters. The number of ether oxygens (including phenoxy) is 1. The summed E-state index contributed by atoms with van der Waals surface area (Å²) in [6, 6.07) is 0. The van der Waals surface area contributed by atoms with Crippen LogP contribution in [0, 0.1) is 5.92 Å². The maximum Gasteiger partial charge on any atom is 0.191 e. The molecule has 0 aromatic rings. The van der Waals surface area contributed by atoms with Gasteiger partial charge in [-0.05, 0) is 52.7 Å². The Hall–Kier alpha value is -0.850. The van der Waals surface area contributed by atoms with Gasteiger partial charge in [-0.3, -0.25) is 4.99 Å². The Balaban J connectivity index is 2.26. The van der Waals surface area contributed by atoms with Gasteiger partial charge in [-0.1, -0.05) is 0 Å². The van der Waals surface area contributed by atoms with Crippen molar-refractivity contribution in [2.45, 2.75) is 26.2 Å². The zero-order chi connectivity index (χ0) is 16.9. The fraction of sp³-hybridized carbons (Fsp3) is 0.941. The zero-order valence-corrected chi connectivity index (χ0v) is 15.6. The molecular formula is C17H37N5O. The molecule has 1 fully saturated rings. The molecule has 0 spiro atoms. The van der Waals surface area contributed by atoms with Crippen molar-refractivity contribution in [3.05, 3.63) is 0 Å². The van der Waals surface area contributed by atoms with E-state index in [1.165, 1.54) is 25.9 Å². The fourth-order valence-corrected chi connectivity index (χ4v) is 2.94. The van der Waals surface area contributed by atoms with Gasteiger partial charge in [-0.15, -0.1) is 0 Å². The van der Waals surface area contributed by atoms with Crippen LogP contribution >= 0.6 is 0 Å². The van der Waals surface area contributed by atoms with Gasteiger partial charge in [-0.25, -0.2) is 0 Å². The first kappa shape index (κ1) is 20.2. The van der Waals surface area contributed by atoms with Crippen LogP contribution in [0.4, 0.5) is 0 Å². The zero-order valence-electron chi connectivity index (χ0n) is 15.6. The molecule has 0 aliphatic carbocycles. The highest BCUT2D eigenvalue weighted by molar-refractivity contribution is 5.79. The van der Waals surface area contributed by atoms with Crippen molar-refractivity contribution in [3.8, 4) is 0 Å². The Labute approximate surface area is 142 Å². The molecule has 1 atom stereocenters. The van der Waals surface area contributed by atoms with E-state index in [0.29, 0.717) is 5.92 Å². The summed E-state index contributed by atoms with van der Waals surface area (Å²) in [5.74, 6) is 1.65. The molecule has 2 N–H and O–H groups in total. The molecule has 1 heterocycles. The minimum absolute atomic E-state index is 0.695. The topological polar surface area (TPSA) is 52.1 Å². The van der Waals surface area contributed by atoms with Crippen LogP contribution in [-0.4, -0.2) is 89.4 Å². The third kappa shape index (κ3) is 9.79. The Bertz CT molecular complexity index is 324. The van der Waals surface area contributed by atoms with Crippen molar-refractivity contribution in [1.82, 2.24) is 20.4 Å². The number of likely N-dealkylation sites (tertiary alicyclic amines) is 1. The second-order valence-corrected chi connectivity index (χ2v) is 6.57. The Morgan fingerprint density at radius 1 is 1.35 bits per heavy atom. The molecule has 136 valence electrons. The van der Waals surface area contributed by atoms with Crippen LogP contribution in [0.5, 0.6) is 0 Å². The molecule has 0 amide bonds. The quantitative estimate of drug-likeness (QED) is 0.354. The minimum atomic E-state index is 0.695. The molecule has 0 aromatic carbocycles. The van der Waals surface area contributed by atoms with Gasteiger partial charge in [0, 0.05) is 53.0 Å². The van der Waals surface area contributed by atoms with E-state index < -0.39 is 0 Å². The highest BCUT2D eigenvalue weighted by atomic mass is 16.5. The van der Waals surface area contributed by atoms with Gasteiger partial charge in [-0.2, -0.15) is 0 Å². The third-order valence-electron chi connectivity index (χ3n) is 4.25. The molecule has 1 saturated heterocycles. The number of rotatable bonds is 10. The van der Waals surface area contributed by atoms with Crippen LogP contribution in [0.2, 0.25) is 0 Å². The molecule has 6 nitrogen and oxygen atoms in total. The van der Waals surface area contributed by atoms with Crippen molar-refractivity contribution >= 4 is 5.96 Å². The van der Waals surface area contributed by atoms with E-state index in [0.717, 1.165) is 51.7 Å². The van der Waals surface area contributed by atoms with Crippen LogP contribution in [-0.2, 0) is 4.74 Å². The number of hydrogen-bond acceptors (Lipinski definition) is 4. The number of guanidine groups is 1. The average Bonchev–Trinajstić information content (AvgIpc) is 2.53. The maximum absolute atomic E-state index is 5.09. The summed E-state index contributed by atoms with van der Waals surface area (Å²) in [5, 5.41) is 6.79. The van der Waals surface area contributed by atoms with Crippen LogP contribution in [0.25, 0.3) is 0 Å². The summed E-state index contributed by atoms with van der Waals surface area (Å²) in [4.78, 5) is 9.51. The monoisotopic (exact) mass is 327 g/mol. The predicted octanol–water partition coefficient (Wildman–Crippen LogP) is 0.852. The van der Waals surface area contributed by atoms with E-state index in [4.69, 9.17) is 9.73 Å². The highest BCUT2D eigenvalue weighted by Crippen LogP contribution is 2.14. The number of likely N-dealkylation sites (N-methyl/N-ethyl adjacent to an activating group) is 1. The van der Waals surface area contributed by atoms with E-state index in [1.54, 1.807) is 7.11 Å².